The number of benzene rings is 5. The molecule has 0 fully saturated rings. The van der Waals surface area contributed by atoms with Gasteiger partial charge in [-0.15, -0.1) is 0 Å². The Balaban J connectivity index is 1.05. The molecule has 10 nitrogen and oxygen atoms in total. The maximum absolute atomic E-state index is 13.4. The van der Waals surface area contributed by atoms with Crippen LogP contribution in [0.25, 0.3) is 32.0 Å². The molecule has 10 heteroatoms. The molecule has 0 atom stereocenters. The number of nitrogens with zero attached hydrogens (tertiary/aromatic N) is 5. The smallest absolute Gasteiger partial charge is 0.261 e. The summed E-state index contributed by atoms with van der Waals surface area (Å²) in [6.45, 7) is 21.6. The zero-order chi connectivity index (χ0) is 49.0. The van der Waals surface area contributed by atoms with Crippen molar-refractivity contribution in [1.29, 1.82) is 0 Å². The van der Waals surface area contributed by atoms with Gasteiger partial charge in [-0.3, -0.25) is 28.3 Å². The molecule has 0 radical (unpaired) electrons. The molecule has 68 heavy (non-hydrogen) atoms. The van der Waals surface area contributed by atoms with E-state index in [9.17, 15) is 19.2 Å². The van der Waals surface area contributed by atoms with Crippen molar-refractivity contribution in [3.05, 3.63) is 200 Å². The topological polar surface area (TPSA) is 136 Å². The summed E-state index contributed by atoms with van der Waals surface area (Å²) in [5, 5.41) is 4.15. The van der Waals surface area contributed by atoms with Gasteiger partial charge < -0.3 is 4.74 Å². The number of rotatable bonds is 18. The van der Waals surface area contributed by atoms with Crippen molar-refractivity contribution in [2.45, 2.75) is 142 Å². The van der Waals surface area contributed by atoms with Gasteiger partial charge in [0.15, 0.2) is 0 Å². The third kappa shape index (κ3) is 10.2. The average Bonchev–Trinajstić information content (AvgIpc) is 3.68. The molecule has 0 saturated heterocycles. The summed E-state index contributed by atoms with van der Waals surface area (Å²) in [6, 6.07) is 38.9. The van der Waals surface area contributed by atoms with Crippen LogP contribution in [0.2, 0.25) is 0 Å². The lowest BCUT2D eigenvalue weighted by Crippen LogP contribution is -2.31. The number of azide groups is 1. The van der Waals surface area contributed by atoms with Crippen LogP contribution < -0.4 is 27.0 Å². The van der Waals surface area contributed by atoms with Crippen LogP contribution in [-0.4, -0.2) is 22.3 Å². The minimum Gasteiger partial charge on any atom is -0.494 e. The highest BCUT2D eigenvalue weighted by Crippen LogP contribution is 2.47. The van der Waals surface area contributed by atoms with Crippen LogP contribution >= 0.6 is 0 Å². The number of fused-ring (bicyclic) bond motifs is 2. The second-order valence-corrected chi connectivity index (χ2v) is 21.5. The first-order valence-corrected chi connectivity index (χ1v) is 24.2. The van der Waals surface area contributed by atoms with E-state index in [1.165, 1.54) is 54.6 Å². The highest BCUT2D eigenvalue weighted by molar-refractivity contribution is 5.97. The molecule has 0 N–H and O–H groups in total. The highest BCUT2D eigenvalue weighted by Gasteiger charge is 2.39. The molecule has 0 aliphatic rings. The van der Waals surface area contributed by atoms with Gasteiger partial charge >= 0.3 is 0 Å². The summed E-state index contributed by atoms with van der Waals surface area (Å²) in [7, 11) is 0. The van der Waals surface area contributed by atoms with Crippen LogP contribution in [-0.2, 0) is 34.7 Å². The predicted molar refractivity (Wildman–Crippen MR) is 278 cm³/mol. The predicted octanol–water partition coefficient (Wildman–Crippen LogP) is 12.3. The lowest BCUT2D eigenvalue weighted by molar-refractivity contribution is 0.304. The standard InChI is InChI=1S/C58H67N5O5/c1-55(2,3)39-17-23-42(24-18-39)58(43-25-19-40(20-26-43)56(4,5)6,44-27-21-41(22-28-44)57(7,8)9)45-29-31-46(32-30-45)68-36-16-11-10-14-34-62-51(64)47-37-49-50(38-48(47)52(62)65)54(67)63(53(49)66)35-15-12-13-33-60-61-59/h17-32,37-38H,10-16,33-36H2,1-9H3. The number of aromatic nitrogens is 2. The molecule has 2 aromatic heterocycles. The molecule has 354 valence electrons. The zero-order valence-electron chi connectivity index (χ0n) is 41.4. The largest absolute Gasteiger partial charge is 0.494 e. The molecule has 5 aromatic carbocycles. The van der Waals surface area contributed by atoms with Gasteiger partial charge in [0, 0.05) is 24.5 Å². The molecule has 0 unspecified atom stereocenters. The Hall–Kier alpha value is -6.51. The van der Waals surface area contributed by atoms with Crippen LogP contribution in [0.4, 0.5) is 0 Å². The summed E-state index contributed by atoms with van der Waals surface area (Å²) in [5.41, 5.74) is 14.6. The van der Waals surface area contributed by atoms with Crippen LogP contribution in [0.1, 0.15) is 146 Å². The second kappa shape index (κ2) is 20.0. The minimum absolute atomic E-state index is 0.0115. The number of unbranched alkanes of at least 4 members (excludes halogenated alkanes) is 5. The second-order valence-electron chi connectivity index (χ2n) is 21.5. The summed E-state index contributed by atoms with van der Waals surface area (Å²) < 4.78 is 8.71. The van der Waals surface area contributed by atoms with Gasteiger partial charge in [-0.25, -0.2) is 0 Å². The molecule has 7 rings (SSSR count). The lowest BCUT2D eigenvalue weighted by atomic mass is 9.64. The molecule has 0 aliphatic heterocycles. The van der Waals surface area contributed by atoms with E-state index in [1.807, 2.05) is 0 Å². The molecule has 0 saturated carbocycles. The fourth-order valence-electron chi connectivity index (χ4n) is 9.53. The van der Waals surface area contributed by atoms with Crippen molar-refractivity contribution >= 4 is 21.5 Å². The summed E-state index contributed by atoms with van der Waals surface area (Å²) in [4.78, 5) is 55.9. The summed E-state index contributed by atoms with van der Waals surface area (Å²) >= 11 is 0. The molecule has 0 spiro atoms. The third-order valence-electron chi connectivity index (χ3n) is 13.6. The van der Waals surface area contributed by atoms with E-state index < -0.39 is 27.7 Å². The fraction of sp³-hybridized carbons (Fsp3) is 0.414. The molecular weight excluding hydrogens is 847 g/mol. The Morgan fingerprint density at radius 3 is 1.09 bits per heavy atom. The van der Waals surface area contributed by atoms with E-state index in [0.29, 0.717) is 38.8 Å². The maximum Gasteiger partial charge on any atom is 0.261 e. The summed E-state index contributed by atoms with van der Waals surface area (Å²) in [6.07, 6.45) is 4.97. The van der Waals surface area contributed by atoms with Gasteiger partial charge in [-0.1, -0.05) is 172 Å². The lowest BCUT2D eigenvalue weighted by Gasteiger charge is -2.38. The van der Waals surface area contributed by atoms with Crippen molar-refractivity contribution in [1.82, 2.24) is 9.13 Å². The van der Waals surface area contributed by atoms with Gasteiger partial charge in [0.05, 0.1) is 33.6 Å². The number of hydrogen-bond donors (Lipinski definition) is 0. The van der Waals surface area contributed by atoms with E-state index in [-0.39, 0.29) is 50.9 Å². The van der Waals surface area contributed by atoms with E-state index >= 15 is 0 Å². The van der Waals surface area contributed by atoms with Crippen molar-refractivity contribution in [3.8, 4) is 5.75 Å². The maximum atomic E-state index is 13.4. The van der Waals surface area contributed by atoms with Gasteiger partial charge in [0.1, 0.15) is 5.75 Å². The van der Waals surface area contributed by atoms with E-state index in [1.54, 1.807) is 0 Å². The van der Waals surface area contributed by atoms with E-state index in [2.05, 4.69) is 169 Å². The van der Waals surface area contributed by atoms with Gasteiger partial charge in [-0.2, -0.15) is 0 Å². The Morgan fingerprint density at radius 2 is 0.750 bits per heavy atom. The molecule has 0 bridgehead atoms. The summed E-state index contributed by atoms with van der Waals surface area (Å²) in [5.74, 6) is 0.789. The molecule has 0 amide bonds. The normalized spacial score (nSPS) is 12.5. The van der Waals surface area contributed by atoms with Gasteiger partial charge in [0.2, 0.25) is 0 Å². The first kappa shape index (κ1) is 49.4. The molecule has 7 aromatic rings. The molecular formula is C58H67N5O5. The van der Waals surface area contributed by atoms with Gasteiger partial charge in [0.25, 0.3) is 22.2 Å². The van der Waals surface area contributed by atoms with Crippen molar-refractivity contribution in [3.63, 3.8) is 0 Å². The Morgan fingerprint density at radius 1 is 0.441 bits per heavy atom. The van der Waals surface area contributed by atoms with Crippen LogP contribution in [0, 0.1) is 0 Å². The number of hydrogen-bond acceptors (Lipinski definition) is 6. The van der Waals surface area contributed by atoms with Crippen LogP contribution in [0.5, 0.6) is 5.75 Å². The van der Waals surface area contributed by atoms with Crippen LogP contribution in [0.15, 0.2) is 133 Å². The average molecular weight is 914 g/mol. The first-order valence-electron chi connectivity index (χ1n) is 24.2. The Bertz CT molecular complexity index is 2910. The zero-order valence-corrected chi connectivity index (χ0v) is 41.4. The third-order valence-corrected chi connectivity index (χ3v) is 13.6. The first-order chi connectivity index (χ1) is 32.3. The van der Waals surface area contributed by atoms with Crippen molar-refractivity contribution < 1.29 is 4.74 Å². The monoisotopic (exact) mass is 914 g/mol. The van der Waals surface area contributed by atoms with Gasteiger partial charge in [-0.05, 0) is 111 Å². The highest BCUT2D eigenvalue weighted by atomic mass is 16.5. The minimum atomic E-state index is -0.617. The fourth-order valence-corrected chi connectivity index (χ4v) is 9.53. The van der Waals surface area contributed by atoms with E-state index in [4.69, 9.17) is 10.3 Å². The quantitative estimate of drug-likeness (QED) is 0.0278. The molecule has 2 heterocycles. The van der Waals surface area contributed by atoms with Crippen molar-refractivity contribution in [2.24, 2.45) is 5.11 Å². The van der Waals surface area contributed by atoms with Crippen LogP contribution in [0.3, 0.4) is 0 Å². The van der Waals surface area contributed by atoms with E-state index in [0.717, 1.165) is 30.6 Å². The van der Waals surface area contributed by atoms with Crippen molar-refractivity contribution in [2.75, 3.05) is 13.2 Å². The SMILES string of the molecule is CC(C)(C)c1ccc(C(c2ccc(OCCCCCCn3c(=O)c4cc5c(=O)n(CCCCCN=[N+]=[N-])c(=O)c5cc4c3=O)cc2)(c2ccc(C(C)(C)C)cc2)c2ccc(C(C)(C)C)cc2)cc1. The molecule has 0 aliphatic carbocycles. The Labute approximate surface area is 400 Å². The number of ether oxygens (including phenoxy) is 1. The Kier molecular flexibility index (Phi) is 14.5.